The Hall–Kier alpha value is -2.15. The summed E-state index contributed by atoms with van der Waals surface area (Å²) in [6.07, 6.45) is 4.24. The molecule has 0 fully saturated rings. The molecule has 0 aliphatic heterocycles. The van der Waals surface area contributed by atoms with Crippen LogP contribution >= 0.6 is 15.9 Å². The van der Waals surface area contributed by atoms with Gasteiger partial charge in [0.1, 0.15) is 0 Å². The number of nitrogens with one attached hydrogen (secondary N) is 1. The summed E-state index contributed by atoms with van der Waals surface area (Å²) in [5.74, 6) is -3.45. The molecule has 0 spiro atoms. The van der Waals surface area contributed by atoms with E-state index in [0.717, 1.165) is 0 Å². The highest BCUT2D eigenvalue weighted by atomic mass is 79.9. The van der Waals surface area contributed by atoms with E-state index in [2.05, 4.69) is 21.2 Å². The van der Waals surface area contributed by atoms with Gasteiger partial charge in [-0.3, -0.25) is 9.59 Å². The van der Waals surface area contributed by atoms with Crippen molar-refractivity contribution in [3.8, 4) is 0 Å². The summed E-state index contributed by atoms with van der Waals surface area (Å²) in [5.41, 5.74) is 0.497. The summed E-state index contributed by atoms with van der Waals surface area (Å²) in [5, 5.41) is 11.9. The summed E-state index contributed by atoms with van der Waals surface area (Å²) in [4.78, 5) is 35.6. The molecule has 23 heavy (non-hydrogen) atoms. The van der Waals surface area contributed by atoms with Crippen molar-refractivity contribution >= 4 is 39.5 Å². The van der Waals surface area contributed by atoms with Gasteiger partial charge in [-0.1, -0.05) is 28.1 Å². The molecule has 0 bridgehead atoms. The molecule has 2 atom stereocenters. The van der Waals surface area contributed by atoms with Gasteiger partial charge in [0.25, 0.3) is 0 Å². The van der Waals surface area contributed by atoms with Crippen LogP contribution in [0.1, 0.15) is 23.2 Å². The second-order valence-corrected chi connectivity index (χ2v) is 6.08. The van der Waals surface area contributed by atoms with Crippen LogP contribution in [0.25, 0.3) is 0 Å². The quantitative estimate of drug-likeness (QED) is 0.617. The molecular formula is C16H16BrNO5. The lowest BCUT2D eigenvalue weighted by Gasteiger charge is -2.24. The summed E-state index contributed by atoms with van der Waals surface area (Å²) >= 11 is 3.26. The second kappa shape index (κ2) is 7.41. The second-order valence-electron chi connectivity index (χ2n) is 5.16. The zero-order chi connectivity index (χ0) is 17.0. The summed E-state index contributed by atoms with van der Waals surface area (Å²) < 4.78 is 5.37. The van der Waals surface area contributed by atoms with Gasteiger partial charge in [-0.15, -0.1) is 0 Å². The molecule has 0 heterocycles. The Bertz CT molecular complexity index is 670. The van der Waals surface area contributed by atoms with Crippen molar-refractivity contribution in [1.82, 2.24) is 0 Å². The molecule has 1 aromatic carbocycles. The number of halogens is 1. The third-order valence-corrected chi connectivity index (χ3v) is 4.22. The van der Waals surface area contributed by atoms with E-state index in [4.69, 9.17) is 4.74 Å². The molecule has 1 aromatic rings. The van der Waals surface area contributed by atoms with Gasteiger partial charge in [0, 0.05) is 4.47 Å². The highest BCUT2D eigenvalue weighted by molar-refractivity contribution is 9.10. The maximum Gasteiger partial charge on any atom is 0.340 e. The number of carboxylic acid groups (broad SMARTS) is 1. The molecule has 1 amide bonds. The van der Waals surface area contributed by atoms with E-state index in [1.54, 1.807) is 24.3 Å². The fourth-order valence-electron chi connectivity index (χ4n) is 2.51. The van der Waals surface area contributed by atoms with Crippen LogP contribution in [0.4, 0.5) is 5.69 Å². The van der Waals surface area contributed by atoms with E-state index < -0.39 is 29.7 Å². The number of ether oxygens (including phenoxy) is 1. The van der Waals surface area contributed by atoms with Crippen LogP contribution in [0, 0.1) is 11.8 Å². The largest absolute Gasteiger partial charge is 0.481 e. The molecule has 0 radical (unpaired) electrons. The lowest BCUT2D eigenvalue weighted by molar-refractivity contribution is -0.146. The molecule has 6 nitrogen and oxygen atoms in total. The van der Waals surface area contributed by atoms with Crippen molar-refractivity contribution in [2.24, 2.45) is 11.8 Å². The predicted octanol–water partition coefficient (Wildman–Crippen LogP) is 2.84. The number of aliphatic carboxylic acids is 1. The van der Waals surface area contributed by atoms with Gasteiger partial charge in [-0.25, -0.2) is 4.79 Å². The molecule has 2 rings (SSSR count). The molecule has 0 aromatic heterocycles. The third-order valence-electron chi connectivity index (χ3n) is 3.73. The number of esters is 1. The summed E-state index contributed by atoms with van der Waals surface area (Å²) in [6, 6.07) is 4.79. The topological polar surface area (TPSA) is 92.7 Å². The number of anilines is 1. The number of benzene rings is 1. The van der Waals surface area contributed by atoms with Gasteiger partial charge >= 0.3 is 11.9 Å². The van der Waals surface area contributed by atoms with Crippen molar-refractivity contribution in [3.05, 3.63) is 40.4 Å². The Morgan fingerprint density at radius 2 is 1.87 bits per heavy atom. The highest BCUT2D eigenvalue weighted by Crippen LogP contribution is 2.28. The number of amides is 1. The lowest BCUT2D eigenvalue weighted by atomic mass is 9.82. The number of allylic oxidation sites excluding steroid dienone is 2. The highest BCUT2D eigenvalue weighted by Gasteiger charge is 2.34. The van der Waals surface area contributed by atoms with Crippen LogP contribution in [0.2, 0.25) is 0 Å². The number of methoxy groups -OCH3 is 1. The minimum absolute atomic E-state index is 0.202. The molecule has 0 saturated carbocycles. The van der Waals surface area contributed by atoms with E-state index in [0.29, 0.717) is 23.0 Å². The van der Waals surface area contributed by atoms with Gasteiger partial charge in [-0.05, 0) is 31.0 Å². The zero-order valence-electron chi connectivity index (χ0n) is 12.4. The number of hydrogen-bond acceptors (Lipinski definition) is 4. The Morgan fingerprint density at radius 1 is 1.22 bits per heavy atom. The number of rotatable bonds is 4. The molecule has 1 aliphatic rings. The maximum atomic E-state index is 12.5. The Labute approximate surface area is 141 Å². The first-order chi connectivity index (χ1) is 10.9. The number of carbonyl (C=O) groups is 3. The predicted molar refractivity (Wildman–Crippen MR) is 87.1 cm³/mol. The average molecular weight is 382 g/mol. The maximum absolute atomic E-state index is 12.5. The van der Waals surface area contributed by atoms with Gasteiger partial charge in [0.2, 0.25) is 5.91 Å². The van der Waals surface area contributed by atoms with Crippen LogP contribution < -0.4 is 5.32 Å². The lowest BCUT2D eigenvalue weighted by Crippen LogP contribution is -2.35. The zero-order valence-corrected chi connectivity index (χ0v) is 14.0. The van der Waals surface area contributed by atoms with Gasteiger partial charge in [-0.2, -0.15) is 0 Å². The standard InChI is InChI=1S/C16H16BrNO5/c1-23-16(22)12-8-9(17)6-7-13(12)18-14(19)10-4-2-3-5-11(10)15(20)21/h2-3,6-8,10-11H,4-5H2,1H3,(H,18,19)(H,20,21)/t10-,11-/m0/s1. The smallest absolute Gasteiger partial charge is 0.340 e. The minimum Gasteiger partial charge on any atom is -0.481 e. The minimum atomic E-state index is -1.00. The molecular weight excluding hydrogens is 366 g/mol. The summed E-state index contributed by atoms with van der Waals surface area (Å²) in [6.45, 7) is 0. The van der Waals surface area contributed by atoms with Crippen molar-refractivity contribution < 1.29 is 24.2 Å². The van der Waals surface area contributed by atoms with Crippen molar-refractivity contribution in [1.29, 1.82) is 0 Å². The molecule has 1 aliphatic carbocycles. The van der Waals surface area contributed by atoms with E-state index >= 15 is 0 Å². The number of hydrogen-bond donors (Lipinski definition) is 2. The first-order valence-corrected chi connectivity index (χ1v) is 7.80. The molecule has 0 unspecified atom stereocenters. The third kappa shape index (κ3) is 3.98. The fourth-order valence-corrected chi connectivity index (χ4v) is 2.87. The number of carbonyl (C=O) groups excluding carboxylic acids is 2. The first-order valence-electron chi connectivity index (χ1n) is 7.00. The molecule has 0 saturated heterocycles. The van der Waals surface area contributed by atoms with Crippen LogP contribution in [0.3, 0.4) is 0 Å². The average Bonchev–Trinajstić information content (AvgIpc) is 2.55. The van der Waals surface area contributed by atoms with E-state index in [1.165, 1.54) is 13.2 Å². The molecule has 7 heteroatoms. The van der Waals surface area contributed by atoms with Crippen LogP contribution in [0.15, 0.2) is 34.8 Å². The monoisotopic (exact) mass is 381 g/mol. The Morgan fingerprint density at radius 3 is 2.48 bits per heavy atom. The van der Waals surface area contributed by atoms with Crippen LogP contribution in [-0.4, -0.2) is 30.1 Å². The van der Waals surface area contributed by atoms with E-state index in [9.17, 15) is 19.5 Å². The Kier molecular flexibility index (Phi) is 5.54. The molecule has 2 N–H and O–H groups in total. The fraction of sp³-hybridized carbons (Fsp3) is 0.312. The van der Waals surface area contributed by atoms with Gasteiger partial charge in [0.05, 0.1) is 30.2 Å². The van der Waals surface area contributed by atoms with Crippen LogP contribution in [0.5, 0.6) is 0 Å². The SMILES string of the molecule is COC(=O)c1cc(Br)ccc1NC(=O)[C@H]1CC=CC[C@@H]1C(=O)O. The summed E-state index contributed by atoms with van der Waals surface area (Å²) in [7, 11) is 1.25. The van der Waals surface area contributed by atoms with E-state index in [-0.39, 0.29) is 5.56 Å². The van der Waals surface area contributed by atoms with Crippen molar-refractivity contribution in [2.45, 2.75) is 12.8 Å². The van der Waals surface area contributed by atoms with E-state index in [1.807, 2.05) is 0 Å². The molecule has 122 valence electrons. The van der Waals surface area contributed by atoms with Crippen LogP contribution in [-0.2, 0) is 14.3 Å². The first kappa shape index (κ1) is 17.2. The van der Waals surface area contributed by atoms with Gasteiger partial charge < -0.3 is 15.2 Å². The number of carboxylic acids is 1. The Balaban J connectivity index is 2.24. The normalized spacial score (nSPS) is 19.9. The van der Waals surface area contributed by atoms with Crippen molar-refractivity contribution in [3.63, 3.8) is 0 Å². The van der Waals surface area contributed by atoms with Crippen molar-refractivity contribution in [2.75, 3.05) is 12.4 Å². The van der Waals surface area contributed by atoms with Gasteiger partial charge in [0.15, 0.2) is 0 Å².